The van der Waals surface area contributed by atoms with Gasteiger partial charge < -0.3 is 20.7 Å². The first-order valence-corrected chi connectivity index (χ1v) is 12.7. The highest BCUT2D eigenvalue weighted by atomic mass is 16.6. The summed E-state index contributed by atoms with van der Waals surface area (Å²) in [4.78, 5) is 40.1. The van der Waals surface area contributed by atoms with Gasteiger partial charge in [0.05, 0.1) is 6.04 Å². The third-order valence-electron chi connectivity index (χ3n) is 5.60. The van der Waals surface area contributed by atoms with E-state index in [1.54, 1.807) is 17.2 Å². The first kappa shape index (κ1) is 27.1. The maximum absolute atomic E-state index is 12.8. The van der Waals surface area contributed by atoms with Crippen molar-refractivity contribution < 1.29 is 14.3 Å². The largest absolute Gasteiger partial charge is 0.444 e. The standard InChI is InChI=1S/C27H36N8O3/c1-26(2,3)34-24(36)32-21-12-9-18-15-29-23(33-22(18)31-21)30-19-10-7-17(8-11-19)20-16-28-13-14-35(20)25(37)38-27(4,5)6/h7-12,15,20,28H,13-14,16H2,1-6H3,(H3,29,30,31,32,33,34,36). The zero-order valence-corrected chi connectivity index (χ0v) is 22.8. The van der Waals surface area contributed by atoms with Crippen molar-refractivity contribution in [1.82, 2.24) is 30.5 Å². The van der Waals surface area contributed by atoms with Crippen LogP contribution in [0.1, 0.15) is 53.1 Å². The summed E-state index contributed by atoms with van der Waals surface area (Å²) in [6.45, 7) is 13.3. The van der Waals surface area contributed by atoms with Crippen LogP contribution in [0.2, 0.25) is 0 Å². The lowest BCUT2D eigenvalue weighted by molar-refractivity contribution is 0.0118. The number of nitrogens with one attached hydrogen (secondary N) is 4. The highest BCUT2D eigenvalue weighted by molar-refractivity contribution is 5.90. The maximum Gasteiger partial charge on any atom is 0.410 e. The number of hydrogen-bond donors (Lipinski definition) is 4. The molecule has 1 aliphatic rings. The molecule has 1 atom stereocenters. The number of pyridine rings is 1. The van der Waals surface area contributed by atoms with Gasteiger partial charge in [-0.2, -0.15) is 4.98 Å². The number of rotatable bonds is 4. The molecule has 1 aromatic carbocycles. The van der Waals surface area contributed by atoms with Crippen LogP contribution in [0.5, 0.6) is 0 Å². The fourth-order valence-electron chi connectivity index (χ4n) is 3.99. The van der Waals surface area contributed by atoms with E-state index in [-0.39, 0.29) is 23.7 Å². The first-order chi connectivity index (χ1) is 17.9. The Morgan fingerprint density at radius 1 is 1.03 bits per heavy atom. The first-order valence-electron chi connectivity index (χ1n) is 12.7. The number of aromatic nitrogens is 3. The van der Waals surface area contributed by atoms with Crippen molar-refractivity contribution in [3.63, 3.8) is 0 Å². The molecule has 0 bridgehead atoms. The molecular formula is C27H36N8O3. The van der Waals surface area contributed by atoms with E-state index in [2.05, 4.69) is 36.2 Å². The van der Waals surface area contributed by atoms with E-state index >= 15 is 0 Å². The fourth-order valence-corrected chi connectivity index (χ4v) is 3.99. The summed E-state index contributed by atoms with van der Waals surface area (Å²) in [6, 6.07) is 10.9. The molecule has 1 unspecified atom stereocenters. The smallest absolute Gasteiger partial charge is 0.410 e. The van der Waals surface area contributed by atoms with Crippen LogP contribution in [0, 0.1) is 0 Å². The van der Waals surface area contributed by atoms with Gasteiger partial charge in [0.1, 0.15) is 11.4 Å². The molecule has 0 aliphatic carbocycles. The number of fused-ring (bicyclic) bond motifs is 1. The van der Waals surface area contributed by atoms with Gasteiger partial charge in [-0.3, -0.25) is 10.2 Å². The molecule has 2 aromatic heterocycles. The van der Waals surface area contributed by atoms with Crippen LogP contribution in [0.4, 0.5) is 27.0 Å². The maximum atomic E-state index is 12.8. The Labute approximate surface area is 222 Å². The summed E-state index contributed by atoms with van der Waals surface area (Å²) in [6.07, 6.45) is 1.37. The van der Waals surface area contributed by atoms with Crippen LogP contribution in [-0.4, -0.2) is 62.8 Å². The minimum Gasteiger partial charge on any atom is -0.444 e. The number of ether oxygens (including phenoxy) is 1. The number of carbonyl (C=O) groups is 2. The number of urea groups is 1. The molecule has 1 saturated heterocycles. The molecule has 0 saturated carbocycles. The lowest BCUT2D eigenvalue weighted by Gasteiger charge is -2.37. The summed E-state index contributed by atoms with van der Waals surface area (Å²) in [7, 11) is 0. The summed E-state index contributed by atoms with van der Waals surface area (Å²) < 4.78 is 5.62. The molecule has 4 rings (SSSR count). The van der Waals surface area contributed by atoms with Gasteiger partial charge in [-0.05, 0) is 71.4 Å². The van der Waals surface area contributed by atoms with E-state index in [0.29, 0.717) is 30.5 Å². The summed E-state index contributed by atoms with van der Waals surface area (Å²) >= 11 is 0. The van der Waals surface area contributed by atoms with Gasteiger partial charge >= 0.3 is 12.1 Å². The minimum atomic E-state index is -0.551. The van der Waals surface area contributed by atoms with Crippen molar-refractivity contribution in [2.24, 2.45) is 0 Å². The highest BCUT2D eigenvalue weighted by Gasteiger charge is 2.31. The van der Waals surface area contributed by atoms with Gasteiger partial charge in [-0.15, -0.1) is 0 Å². The van der Waals surface area contributed by atoms with Crippen molar-refractivity contribution in [1.29, 1.82) is 0 Å². The van der Waals surface area contributed by atoms with E-state index in [0.717, 1.165) is 23.2 Å². The molecule has 0 radical (unpaired) electrons. The minimum absolute atomic E-state index is 0.129. The average molecular weight is 521 g/mol. The highest BCUT2D eigenvalue weighted by Crippen LogP contribution is 2.26. The van der Waals surface area contributed by atoms with Crippen LogP contribution in [0.15, 0.2) is 42.6 Å². The second-order valence-corrected chi connectivity index (χ2v) is 11.3. The van der Waals surface area contributed by atoms with Crippen molar-refractivity contribution in [3.8, 4) is 0 Å². The number of carbonyl (C=O) groups excluding carboxylic acids is 2. The monoisotopic (exact) mass is 520 g/mol. The Bertz CT molecular complexity index is 1300. The van der Waals surface area contributed by atoms with Crippen LogP contribution >= 0.6 is 0 Å². The van der Waals surface area contributed by atoms with Gasteiger partial charge in [-0.1, -0.05) is 12.1 Å². The predicted molar refractivity (Wildman–Crippen MR) is 148 cm³/mol. The van der Waals surface area contributed by atoms with Crippen LogP contribution in [-0.2, 0) is 4.74 Å². The van der Waals surface area contributed by atoms with Crippen LogP contribution in [0.25, 0.3) is 11.0 Å². The van der Waals surface area contributed by atoms with E-state index < -0.39 is 5.60 Å². The zero-order valence-electron chi connectivity index (χ0n) is 22.8. The van der Waals surface area contributed by atoms with Gasteiger partial charge in [0.25, 0.3) is 0 Å². The molecular weight excluding hydrogens is 484 g/mol. The third kappa shape index (κ3) is 7.28. The number of nitrogens with zero attached hydrogens (tertiary/aromatic N) is 4. The second kappa shape index (κ2) is 10.8. The molecule has 0 spiro atoms. The molecule has 38 heavy (non-hydrogen) atoms. The number of hydrogen-bond acceptors (Lipinski definition) is 8. The Morgan fingerprint density at radius 2 is 1.76 bits per heavy atom. The Morgan fingerprint density at radius 3 is 2.45 bits per heavy atom. The number of piperazine rings is 1. The molecule has 11 heteroatoms. The summed E-state index contributed by atoms with van der Waals surface area (Å²) in [5, 5.41) is 12.9. The number of benzene rings is 1. The molecule has 11 nitrogen and oxygen atoms in total. The van der Waals surface area contributed by atoms with E-state index in [4.69, 9.17) is 4.74 Å². The van der Waals surface area contributed by atoms with E-state index in [1.807, 2.05) is 71.9 Å². The SMILES string of the molecule is CC(C)(C)NC(=O)Nc1ccc2cnc(Nc3ccc(C4CNCCN4C(=O)OC(C)(C)C)cc3)nc2n1. The molecule has 4 N–H and O–H groups in total. The topological polar surface area (TPSA) is 133 Å². The number of anilines is 3. The third-order valence-corrected chi connectivity index (χ3v) is 5.60. The van der Waals surface area contributed by atoms with Gasteiger partial charge in [0.2, 0.25) is 5.95 Å². The quantitative estimate of drug-likeness (QED) is 0.393. The van der Waals surface area contributed by atoms with Crippen molar-refractivity contribution in [2.75, 3.05) is 30.3 Å². The lowest BCUT2D eigenvalue weighted by atomic mass is 10.0. The molecule has 1 aliphatic heterocycles. The molecule has 1 fully saturated rings. The Balaban J connectivity index is 1.46. The number of amides is 3. The van der Waals surface area contributed by atoms with Crippen LogP contribution < -0.4 is 21.3 Å². The summed E-state index contributed by atoms with van der Waals surface area (Å²) in [5.74, 6) is 0.771. The van der Waals surface area contributed by atoms with Crippen LogP contribution in [0.3, 0.4) is 0 Å². The van der Waals surface area contributed by atoms with Gasteiger partial charge in [-0.25, -0.2) is 19.6 Å². The van der Waals surface area contributed by atoms with Crippen molar-refractivity contribution in [3.05, 3.63) is 48.2 Å². The Hall–Kier alpha value is -3.99. The zero-order chi connectivity index (χ0) is 27.5. The fraction of sp³-hybridized carbons (Fsp3) is 0.444. The lowest BCUT2D eigenvalue weighted by Crippen LogP contribution is -2.50. The van der Waals surface area contributed by atoms with Gasteiger partial charge in [0.15, 0.2) is 5.65 Å². The predicted octanol–water partition coefficient (Wildman–Crippen LogP) is 4.57. The van der Waals surface area contributed by atoms with Gasteiger partial charge in [0, 0.05) is 42.4 Å². The molecule has 3 aromatic rings. The molecule has 3 amide bonds. The second-order valence-electron chi connectivity index (χ2n) is 11.3. The normalized spacial score (nSPS) is 16.2. The molecule has 202 valence electrons. The molecule has 3 heterocycles. The van der Waals surface area contributed by atoms with Crippen molar-refractivity contribution >= 4 is 40.6 Å². The summed E-state index contributed by atoms with van der Waals surface area (Å²) in [5.41, 5.74) is 1.33. The van der Waals surface area contributed by atoms with Crippen molar-refractivity contribution in [2.45, 2.75) is 58.7 Å². The Kier molecular flexibility index (Phi) is 7.68. The average Bonchev–Trinajstić information content (AvgIpc) is 2.82. The van der Waals surface area contributed by atoms with E-state index in [1.165, 1.54) is 0 Å². The van der Waals surface area contributed by atoms with E-state index in [9.17, 15) is 9.59 Å².